The number of furan rings is 1. The summed E-state index contributed by atoms with van der Waals surface area (Å²) in [5, 5.41) is 3.00. The molecule has 1 N–H and O–H groups in total. The van der Waals surface area contributed by atoms with Crippen LogP contribution in [0.1, 0.15) is 56.0 Å². The van der Waals surface area contributed by atoms with Crippen molar-refractivity contribution in [1.29, 1.82) is 0 Å². The van der Waals surface area contributed by atoms with E-state index in [4.69, 9.17) is 9.15 Å². The van der Waals surface area contributed by atoms with Crippen molar-refractivity contribution in [2.24, 2.45) is 5.92 Å². The van der Waals surface area contributed by atoms with E-state index in [-0.39, 0.29) is 35.3 Å². The van der Waals surface area contributed by atoms with Crippen LogP contribution in [0.4, 0.5) is 15.0 Å². The zero-order valence-corrected chi connectivity index (χ0v) is 25.1. The number of carbonyl (C=O) groups excluding carboxylic acids is 2. The van der Waals surface area contributed by atoms with Crippen molar-refractivity contribution in [3.8, 4) is 11.3 Å². The predicted octanol–water partition coefficient (Wildman–Crippen LogP) is 5.11. The molecule has 222 valence electrons. The number of likely N-dealkylation sites (tertiary alicyclic amines) is 1. The number of aromatic nitrogens is 1. The molecular formula is C29H37FN4O6S. The summed E-state index contributed by atoms with van der Waals surface area (Å²) < 4.78 is 52.6. The molecule has 0 spiro atoms. The number of pyridine rings is 1. The highest BCUT2D eigenvalue weighted by Gasteiger charge is 2.33. The van der Waals surface area contributed by atoms with Gasteiger partial charge in [0.05, 0.1) is 17.2 Å². The molecule has 1 aliphatic heterocycles. The molecule has 0 radical (unpaired) electrons. The third kappa shape index (κ3) is 6.64. The number of hydrogen-bond donors (Lipinski definition) is 1. The highest BCUT2D eigenvalue weighted by Crippen LogP contribution is 2.36. The van der Waals surface area contributed by atoms with Crippen LogP contribution < -0.4 is 9.62 Å². The Morgan fingerprint density at radius 2 is 1.95 bits per heavy atom. The number of rotatable bonds is 8. The maximum Gasteiger partial charge on any atom is 0.410 e. The molecule has 10 nitrogen and oxygen atoms in total. The number of benzene rings is 1. The second-order valence-corrected chi connectivity index (χ2v) is 13.0. The second kappa shape index (κ2) is 11.7. The first-order valence-electron chi connectivity index (χ1n) is 13.6. The second-order valence-electron chi connectivity index (χ2n) is 11.1. The van der Waals surface area contributed by atoms with Gasteiger partial charge in [0.2, 0.25) is 15.7 Å². The van der Waals surface area contributed by atoms with Crippen molar-refractivity contribution in [2.75, 3.05) is 37.2 Å². The molecule has 0 bridgehead atoms. The Morgan fingerprint density at radius 3 is 2.56 bits per heavy atom. The minimum atomic E-state index is -3.79. The van der Waals surface area contributed by atoms with E-state index < -0.39 is 33.4 Å². The summed E-state index contributed by atoms with van der Waals surface area (Å²) >= 11 is 0. The van der Waals surface area contributed by atoms with E-state index >= 15 is 0 Å². The molecule has 1 unspecified atom stereocenters. The molecular weight excluding hydrogens is 551 g/mol. The predicted molar refractivity (Wildman–Crippen MR) is 155 cm³/mol. The molecule has 0 aliphatic carbocycles. The van der Waals surface area contributed by atoms with Gasteiger partial charge in [0, 0.05) is 32.2 Å². The van der Waals surface area contributed by atoms with Crippen molar-refractivity contribution in [2.45, 2.75) is 52.6 Å². The molecule has 1 aromatic carbocycles. The number of amides is 2. The number of nitrogens with zero attached hydrogens (tertiary/aromatic N) is 3. The van der Waals surface area contributed by atoms with Crippen molar-refractivity contribution >= 4 is 38.9 Å². The lowest BCUT2D eigenvalue weighted by molar-refractivity contribution is 0.00460. The number of halogens is 1. The third-order valence-corrected chi connectivity index (χ3v) is 8.58. The minimum Gasteiger partial charge on any atom is -0.443 e. The van der Waals surface area contributed by atoms with Gasteiger partial charge in [-0.3, -0.25) is 9.10 Å². The lowest BCUT2D eigenvalue weighted by atomic mass is 9.98. The highest BCUT2D eigenvalue weighted by molar-refractivity contribution is 7.92. The van der Waals surface area contributed by atoms with Crippen LogP contribution in [-0.4, -0.2) is 68.8 Å². The van der Waals surface area contributed by atoms with Gasteiger partial charge in [-0.15, -0.1) is 0 Å². The van der Waals surface area contributed by atoms with Gasteiger partial charge in [-0.1, -0.05) is 6.92 Å². The smallest absolute Gasteiger partial charge is 0.410 e. The van der Waals surface area contributed by atoms with Crippen molar-refractivity contribution in [3.05, 3.63) is 47.3 Å². The summed E-state index contributed by atoms with van der Waals surface area (Å²) in [7, 11) is -2.30. The molecule has 1 fully saturated rings. The topological polar surface area (TPSA) is 122 Å². The van der Waals surface area contributed by atoms with Crippen LogP contribution >= 0.6 is 0 Å². The van der Waals surface area contributed by atoms with Gasteiger partial charge in [-0.25, -0.2) is 17.6 Å². The number of hydrogen-bond acceptors (Lipinski definition) is 7. The zero-order chi connectivity index (χ0) is 30.1. The monoisotopic (exact) mass is 588 g/mol. The first kappa shape index (κ1) is 30.3. The molecule has 4 rings (SSSR count). The van der Waals surface area contributed by atoms with Crippen molar-refractivity contribution < 1.29 is 31.6 Å². The molecule has 0 saturated carbocycles. The molecule has 3 heterocycles. The minimum absolute atomic E-state index is 0.0767. The Morgan fingerprint density at radius 1 is 1.27 bits per heavy atom. The van der Waals surface area contributed by atoms with Gasteiger partial charge in [0.1, 0.15) is 23.0 Å². The van der Waals surface area contributed by atoms with E-state index in [1.54, 1.807) is 17.9 Å². The lowest BCUT2D eigenvalue weighted by Crippen LogP contribution is -2.47. The number of fused-ring (bicyclic) bond motifs is 1. The Kier molecular flexibility index (Phi) is 8.62. The third-order valence-electron chi connectivity index (χ3n) is 7.46. The number of anilines is 1. The lowest BCUT2D eigenvalue weighted by Gasteiger charge is -2.36. The summed E-state index contributed by atoms with van der Waals surface area (Å²) in [6, 6.07) is 7.19. The summed E-state index contributed by atoms with van der Waals surface area (Å²) in [6.45, 7) is 8.37. The van der Waals surface area contributed by atoms with Crippen LogP contribution in [0.5, 0.6) is 0 Å². The van der Waals surface area contributed by atoms with Gasteiger partial charge in [-0.2, -0.15) is 4.98 Å². The SMILES string of the molecule is CCC(C)(C)OC(=O)N1CCCC(CN(c2nc3oc(-c4ccc(F)cc4)c(C(=O)NC)c3cc2C)S(C)(=O)=O)C1. The van der Waals surface area contributed by atoms with Crippen LogP contribution in [0.25, 0.3) is 22.4 Å². The molecule has 2 aromatic heterocycles. The molecule has 1 saturated heterocycles. The van der Waals surface area contributed by atoms with E-state index in [0.717, 1.165) is 12.7 Å². The fourth-order valence-corrected chi connectivity index (χ4v) is 5.87. The number of nitrogens with one attached hydrogen (secondary N) is 1. The van der Waals surface area contributed by atoms with Crippen LogP contribution in [0.2, 0.25) is 0 Å². The fourth-order valence-electron chi connectivity index (χ4n) is 4.89. The Balaban J connectivity index is 1.70. The van der Waals surface area contributed by atoms with Crippen molar-refractivity contribution in [1.82, 2.24) is 15.2 Å². The van der Waals surface area contributed by atoms with Crippen LogP contribution in [0, 0.1) is 18.7 Å². The molecule has 12 heteroatoms. The first-order chi connectivity index (χ1) is 19.2. The Hall–Kier alpha value is -3.67. The van der Waals surface area contributed by atoms with Gasteiger partial charge in [0.15, 0.2) is 0 Å². The first-order valence-corrected chi connectivity index (χ1v) is 15.5. The number of carbonyl (C=O) groups is 2. The van der Waals surface area contributed by atoms with E-state index in [1.165, 1.54) is 35.6 Å². The summed E-state index contributed by atoms with van der Waals surface area (Å²) in [5.74, 6) is -0.631. The van der Waals surface area contributed by atoms with Gasteiger partial charge in [0.25, 0.3) is 5.91 Å². The Labute approximate surface area is 239 Å². The van der Waals surface area contributed by atoms with Gasteiger partial charge >= 0.3 is 6.09 Å². The molecule has 1 aliphatic rings. The van der Waals surface area contributed by atoms with Crippen LogP contribution in [-0.2, 0) is 14.8 Å². The van der Waals surface area contributed by atoms with Gasteiger partial charge in [-0.05, 0) is 81.8 Å². The number of sulfonamides is 1. The average molecular weight is 589 g/mol. The maximum absolute atomic E-state index is 13.6. The fraction of sp³-hybridized carbons (Fsp3) is 0.483. The normalized spacial score (nSPS) is 16.1. The molecule has 3 aromatic rings. The number of aryl methyl sites for hydroxylation is 1. The Bertz CT molecular complexity index is 1550. The van der Waals surface area contributed by atoms with E-state index in [0.29, 0.717) is 42.4 Å². The standard InChI is InChI=1S/C29H37FN4O6S/c1-7-29(3,4)40-28(36)33-14-8-9-19(16-33)17-34(41(6,37)38)25-18(2)15-22-23(26(35)31-5)24(39-27(22)32-25)20-10-12-21(30)13-11-20/h10-13,15,19H,7-9,14,16-17H2,1-6H3,(H,31,35). The number of piperidine rings is 1. The van der Waals surface area contributed by atoms with E-state index in [9.17, 15) is 22.4 Å². The van der Waals surface area contributed by atoms with E-state index in [1.807, 2.05) is 20.8 Å². The van der Waals surface area contributed by atoms with Crippen molar-refractivity contribution in [3.63, 3.8) is 0 Å². The maximum atomic E-state index is 13.6. The molecule has 41 heavy (non-hydrogen) atoms. The van der Waals surface area contributed by atoms with Crippen LogP contribution in [0.3, 0.4) is 0 Å². The largest absolute Gasteiger partial charge is 0.443 e. The highest BCUT2D eigenvalue weighted by atomic mass is 32.2. The van der Waals surface area contributed by atoms with Crippen LogP contribution in [0.15, 0.2) is 34.7 Å². The number of ether oxygens (including phenoxy) is 1. The quantitative estimate of drug-likeness (QED) is 0.388. The zero-order valence-electron chi connectivity index (χ0n) is 24.3. The average Bonchev–Trinajstić information content (AvgIpc) is 3.28. The summed E-state index contributed by atoms with van der Waals surface area (Å²) in [4.78, 5) is 31.9. The van der Waals surface area contributed by atoms with E-state index in [2.05, 4.69) is 10.3 Å². The molecule has 1 atom stereocenters. The molecule has 2 amide bonds. The van der Waals surface area contributed by atoms with Gasteiger partial charge < -0.3 is 19.4 Å². The summed E-state index contributed by atoms with van der Waals surface area (Å²) in [6.07, 6.45) is 2.81. The summed E-state index contributed by atoms with van der Waals surface area (Å²) in [5.41, 5.74) is 0.702.